The monoisotopic (exact) mass is 266 g/mol. The van der Waals surface area contributed by atoms with Crippen LogP contribution in [0.3, 0.4) is 0 Å². The second-order valence-corrected chi connectivity index (χ2v) is 6.29. The molecular formula is C13H19ClN4. The van der Waals surface area contributed by atoms with E-state index in [1.54, 1.807) is 6.20 Å². The van der Waals surface area contributed by atoms with Crippen LogP contribution in [0.4, 0.5) is 5.82 Å². The van der Waals surface area contributed by atoms with Crippen molar-refractivity contribution in [3.05, 3.63) is 24.2 Å². The van der Waals surface area contributed by atoms with E-state index in [4.69, 9.17) is 11.6 Å². The van der Waals surface area contributed by atoms with Gasteiger partial charge in [0.15, 0.2) is 5.82 Å². The van der Waals surface area contributed by atoms with E-state index in [1.807, 2.05) is 17.6 Å². The molecule has 98 valence electrons. The highest BCUT2D eigenvalue weighted by atomic mass is 35.5. The Morgan fingerprint density at radius 2 is 2.17 bits per heavy atom. The van der Waals surface area contributed by atoms with Gasteiger partial charge < -0.3 is 5.32 Å². The van der Waals surface area contributed by atoms with Crippen LogP contribution in [0, 0.1) is 0 Å². The SMILES string of the molecule is CC(Cl)CNc1nccn2nc(C(C)(C)C)cc12. The smallest absolute Gasteiger partial charge is 0.152 e. The van der Waals surface area contributed by atoms with Crippen LogP contribution in [0.1, 0.15) is 33.4 Å². The Bertz CT molecular complexity index is 539. The molecule has 4 nitrogen and oxygen atoms in total. The lowest BCUT2D eigenvalue weighted by atomic mass is 9.92. The number of alkyl halides is 1. The number of hydrogen-bond acceptors (Lipinski definition) is 3. The van der Waals surface area contributed by atoms with Crippen LogP contribution in [0.15, 0.2) is 18.5 Å². The van der Waals surface area contributed by atoms with Crippen LogP contribution < -0.4 is 5.32 Å². The van der Waals surface area contributed by atoms with Gasteiger partial charge in [-0.05, 0) is 13.0 Å². The van der Waals surface area contributed by atoms with Crippen molar-refractivity contribution in [3.8, 4) is 0 Å². The summed E-state index contributed by atoms with van der Waals surface area (Å²) in [5.74, 6) is 0.827. The summed E-state index contributed by atoms with van der Waals surface area (Å²) in [5, 5.41) is 7.89. The fourth-order valence-electron chi connectivity index (χ4n) is 1.66. The lowest BCUT2D eigenvalue weighted by Gasteiger charge is -2.13. The largest absolute Gasteiger partial charge is 0.367 e. The van der Waals surface area contributed by atoms with Gasteiger partial charge in [0.1, 0.15) is 5.52 Å². The van der Waals surface area contributed by atoms with Crippen LogP contribution >= 0.6 is 11.6 Å². The molecule has 0 radical (unpaired) electrons. The Kier molecular flexibility index (Phi) is 3.48. The Labute approximate surface area is 112 Å². The molecule has 2 aromatic rings. The van der Waals surface area contributed by atoms with Crippen molar-refractivity contribution < 1.29 is 0 Å². The molecule has 0 amide bonds. The zero-order valence-corrected chi connectivity index (χ0v) is 12.0. The molecule has 0 saturated heterocycles. The number of hydrogen-bond donors (Lipinski definition) is 1. The number of halogens is 1. The Morgan fingerprint density at radius 1 is 1.44 bits per heavy atom. The first-order valence-corrected chi connectivity index (χ1v) is 6.54. The highest BCUT2D eigenvalue weighted by Crippen LogP contribution is 2.24. The Balaban J connectivity index is 2.39. The van der Waals surface area contributed by atoms with Crippen LogP contribution in [0.2, 0.25) is 0 Å². The van der Waals surface area contributed by atoms with Crippen molar-refractivity contribution in [1.82, 2.24) is 14.6 Å². The van der Waals surface area contributed by atoms with Crippen molar-refractivity contribution in [2.75, 3.05) is 11.9 Å². The molecule has 2 heterocycles. The van der Waals surface area contributed by atoms with E-state index in [9.17, 15) is 0 Å². The number of anilines is 1. The average molecular weight is 267 g/mol. The number of nitrogens with one attached hydrogen (secondary N) is 1. The molecule has 0 fully saturated rings. The van der Waals surface area contributed by atoms with Gasteiger partial charge in [-0.2, -0.15) is 5.10 Å². The standard InChI is InChI=1S/C13H19ClN4/c1-9(14)8-16-12-10-7-11(13(2,3)4)17-18(10)6-5-15-12/h5-7,9H,8H2,1-4H3,(H,15,16). The second kappa shape index (κ2) is 4.76. The van der Waals surface area contributed by atoms with Gasteiger partial charge in [0.05, 0.1) is 5.69 Å². The summed E-state index contributed by atoms with van der Waals surface area (Å²) in [6.45, 7) is 9.08. The number of aromatic nitrogens is 3. The summed E-state index contributed by atoms with van der Waals surface area (Å²) in [6.07, 6.45) is 3.60. The van der Waals surface area contributed by atoms with Gasteiger partial charge in [0.25, 0.3) is 0 Å². The van der Waals surface area contributed by atoms with Crippen molar-refractivity contribution in [1.29, 1.82) is 0 Å². The summed E-state index contributed by atoms with van der Waals surface area (Å²) < 4.78 is 1.86. The van der Waals surface area contributed by atoms with Crippen LogP contribution in [-0.4, -0.2) is 26.5 Å². The quantitative estimate of drug-likeness (QED) is 0.869. The summed E-state index contributed by atoms with van der Waals surface area (Å²) in [5.41, 5.74) is 2.07. The third-order valence-electron chi connectivity index (χ3n) is 2.71. The zero-order chi connectivity index (χ0) is 13.3. The summed E-state index contributed by atoms with van der Waals surface area (Å²) in [4.78, 5) is 4.34. The molecule has 5 heteroatoms. The molecule has 1 N–H and O–H groups in total. The van der Waals surface area contributed by atoms with E-state index in [2.05, 4.69) is 42.2 Å². The molecule has 0 aromatic carbocycles. The van der Waals surface area contributed by atoms with Crippen molar-refractivity contribution in [3.63, 3.8) is 0 Å². The van der Waals surface area contributed by atoms with E-state index in [0.717, 1.165) is 17.0 Å². The van der Waals surface area contributed by atoms with Gasteiger partial charge >= 0.3 is 0 Å². The molecule has 2 rings (SSSR count). The Hall–Kier alpha value is -1.29. The number of nitrogens with zero attached hydrogens (tertiary/aromatic N) is 3. The molecule has 2 aromatic heterocycles. The zero-order valence-electron chi connectivity index (χ0n) is 11.2. The Morgan fingerprint density at radius 3 is 2.78 bits per heavy atom. The number of rotatable bonds is 3. The minimum Gasteiger partial charge on any atom is -0.367 e. The lowest BCUT2D eigenvalue weighted by molar-refractivity contribution is 0.562. The highest BCUT2D eigenvalue weighted by molar-refractivity contribution is 6.20. The summed E-state index contributed by atoms with van der Waals surface area (Å²) in [7, 11) is 0. The topological polar surface area (TPSA) is 42.2 Å². The van der Waals surface area contributed by atoms with Gasteiger partial charge in [-0.25, -0.2) is 9.50 Å². The predicted molar refractivity (Wildman–Crippen MR) is 75.5 cm³/mol. The van der Waals surface area contributed by atoms with Gasteiger partial charge in [-0.15, -0.1) is 11.6 Å². The highest BCUT2D eigenvalue weighted by Gasteiger charge is 2.19. The van der Waals surface area contributed by atoms with Crippen LogP contribution in [-0.2, 0) is 5.41 Å². The predicted octanol–water partition coefficient (Wildman–Crippen LogP) is 3.07. The van der Waals surface area contributed by atoms with E-state index in [0.29, 0.717) is 6.54 Å². The molecular weight excluding hydrogens is 248 g/mol. The minimum atomic E-state index is 0.0308. The third kappa shape index (κ3) is 2.75. The number of fused-ring (bicyclic) bond motifs is 1. The van der Waals surface area contributed by atoms with Crippen LogP contribution in [0.5, 0.6) is 0 Å². The van der Waals surface area contributed by atoms with Crippen molar-refractivity contribution in [2.24, 2.45) is 0 Å². The first-order chi connectivity index (χ1) is 8.38. The first kappa shape index (κ1) is 13.1. The molecule has 0 aliphatic heterocycles. The molecule has 18 heavy (non-hydrogen) atoms. The van der Waals surface area contributed by atoms with Crippen molar-refractivity contribution in [2.45, 2.75) is 38.5 Å². The molecule has 0 spiro atoms. The summed E-state index contributed by atoms with van der Waals surface area (Å²) in [6, 6.07) is 2.08. The van der Waals surface area contributed by atoms with E-state index < -0.39 is 0 Å². The first-order valence-electron chi connectivity index (χ1n) is 6.11. The van der Waals surface area contributed by atoms with Gasteiger partial charge in [0.2, 0.25) is 0 Å². The minimum absolute atomic E-state index is 0.0308. The van der Waals surface area contributed by atoms with Gasteiger partial charge in [0, 0.05) is 29.7 Å². The van der Waals surface area contributed by atoms with Crippen molar-refractivity contribution >= 4 is 22.9 Å². The van der Waals surface area contributed by atoms with E-state index in [1.165, 1.54) is 0 Å². The molecule has 0 aliphatic rings. The molecule has 0 aliphatic carbocycles. The van der Waals surface area contributed by atoms with E-state index >= 15 is 0 Å². The third-order valence-corrected chi connectivity index (χ3v) is 2.86. The lowest BCUT2D eigenvalue weighted by Crippen LogP contribution is -2.12. The van der Waals surface area contributed by atoms with Gasteiger partial charge in [-0.3, -0.25) is 0 Å². The van der Waals surface area contributed by atoms with Gasteiger partial charge in [-0.1, -0.05) is 20.8 Å². The maximum Gasteiger partial charge on any atom is 0.152 e. The van der Waals surface area contributed by atoms with Crippen LogP contribution in [0.25, 0.3) is 5.52 Å². The fourth-order valence-corrected chi connectivity index (χ4v) is 1.74. The maximum atomic E-state index is 5.94. The summed E-state index contributed by atoms with van der Waals surface area (Å²) >= 11 is 5.94. The fraction of sp³-hybridized carbons (Fsp3) is 0.538. The molecule has 0 bridgehead atoms. The molecule has 1 atom stereocenters. The second-order valence-electron chi connectivity index (χ2n) is 5.55. The maximum absolute atomic E-state index is 5.94. The normalized spacial score (nSPS) is 13.8. The molecule has 1 unspecified atom stereocenters. The average Bonchev–Trinajstić information content (AvgIpc) is 2.69. The molecule has 0 saturated carbocycles. The van der Waals surface area contributed by atoms with E-state index in [-0.39, 0.29) is 10.8 Å².